The average molecular weight is 243 g/mol. The Labute approximate surface area is 104 Å². The van der Waals surface area contributed by atoms with Crippen molar-refractivity contribution < 1.29 is 0 Å². The van der Waals surface area contributed by atoms with Gasteiger partial charge in [0.1, 0.15) is 5.82 Å². The molecule has 17 heavy (non-hydrogen) atoms. The van der Waals surface area contributed by atoms with Crippen molar-refractivity contribution in [1.29, 1.82) is 0 Å². The fraction of sp³-hybridized carbons (Fsp3) is 0.0714. The predicted octanol–water partition coefficient (Wildman–Crippen LogP) is 3.96. The number of aryl methyl sites for hydroxylation is 1. The first kappa shape index (κ1) is 10.4. The molecular formula is C14H11ClN2. The molecule has 0 aliphatic rings. The van der Waals surface area contributed by atoms with Gasteiger partial charge in [-0.25, -0.2) is 4.98 Å². The van der Waals surface area contributed by atoms with E-state index >= 15 is 0 Å². The summed E-state index contributed by atoms with van der Waals surface area (Å²) in [5.74, 6) is 0.945. The zero-order valence-corrected chi connectivity index (χ0v) is 10.1. The van der Waals surface area contributed by atoms with Crippen molar-refractivity contribution >= 4 is 17.1 Å². The second-order valence-electron chi connectivity index (χ2n) is 4.04. The Kier molecular flexibility index (Phi) is 2.37. The van der Waals surface area contributed by atoms with Crippen LogP contribution in [-0.2, 0) is 0 Å². The minimum atomic E-state index is 0.741. The first-order valence-corrected chi connectivity index (χ1v) is 5.82. The first-order chi connectivity index (χ1) is 8.25. The number of benzene rings is 1. The van der Waals surface area contributed by atoms with Gasteiger partial charge in [-0.3, -0.25) is 4.40 Å². The molecule has 2 heterocycles. The van der Waals surface area contributed by atoms with E-state index in [-0.39, 0.29) is 0 Å². The van der Waals surface area contributed by atoms with Crippen LogP contribution in [0.4, 0.5) is 0 Å². The van der Waals surface area contributed by atoms with Crippen LogP contribution in [0.1, 0.15) is 5.56 Å². The molecule has 0 N–H and O–H groups in total. The van der Waals surface area contributed by atoms with Gasteiger partial charge in [0.05, 0.1) is 11.7 Å². The lowest BCUT2D eigenvalue weighted by Crippen LogP contribution is -1.89. The van der Waals surface area contributed by atoms with Gasteiger partial charge in [0.2, 0.25) is 0 Å². The molecule has 0 amide bonds. The second-order valence-corrected chi connectivity index (χ2v) is 4.47. The molecule has 3 rings (SSSR count). The summed E-state index contributed by atoms with van der Waals surface area (Å²) in [6.07, 6.45) is 3.93. The lowest BCUT2D eigenvalue weighted by molar-refractivity contribution is 1.15. The topological polar surface area (TPSA) is 17.3 Å². The zero-order chi connectivity index (χ0) is 11.8. The number of hydrogen-bond donors (Lipinski definition) is 0. The Morgan fingerprint density at radius 1 is 1.12 bits per heavy atom. The third-order valence-corrected chi connectivity index (χ3v) is 3.14. The quantitative estimate of drug-likeness (QED) is 0.631. The molecule has 3 heteroatoms. The van der Waals surface area contributed by atoms with E-state index in [1.807, 2.05) is 42.7 Å². The summed E-state index contributed by atoms with van der Waals surface area (Å²) in [5, 5.41) is 0.741. The Bertz CT molecular complexity index is 668. The number of halogens is 1. The Morgan fingerprint density at radius 2 is 1.88 bits per heavy atom. The van der Waals surface area contributed by atoms with Gasteiger partial charge < -0.3 is 0 Å². The number of rotatable bonds is 1. The third-order valence-electron chi connectivity index (χ3n) is 2.88. The van der Waals surface area contributed by atoms with Crippen molar-refractivity contribution in [3.8, 4) is 11.4 Å². The molecule has 0 saturated heterocycles. The Morgan fingerprint density at radius 3 is 2.65 bits per heavy atom. The highest BCUT2D eigenvalue weighted by Crippen LogP contribution is 2.22. The summed E-state index contributed by atoms with van der Waals surface area (Å²) >= 11 is 5.89. The van der Waals surface area contributed by atoms with Crippen LogP contribution in [0.3, 0.4) is 0 Å². The van der Waals surface area contributed by atoms with Crippen molar-refractivity contribution in [2.45, 2.75) is 6.92 Å². The maximum atomic E-state index is 5.89. The molecule has 2 nitrogen and oxygen atoms in total. The number of imidazole rings is 1. The van der Waals surface area contributed by atoms with Crippen LogP contribution in [0.15, 0.2) is 48.8 Å². The molecule has 0 radical (unpaired) electrons. The minimum Gasteiger partial charge on any atom is -0.300 e. The van der Waals surface area contributed by atoms with Crippen molar-refractivity contribution in [1.82, 2.24) is 9.38 Å². The fourth-order valence-electron chi connectivity index (χ4n) is 1.97. The van der Waals surface area contributed by atoms with Gasteiger partial charge in [-0.15, -0.1) is 0 Å². The molecule has 0 fully saturated rings. The smallest absolute Gasteiger partial charge is 0.144 e. The van der Waals surface area contributed by atoms with E-state index in [1.54, 1.807) is 0 Å². The van der Waals surface area contributed by atoms with Crippen LogP contribution in [0.25, 0.3) is 16.9 Å². The summed E-state index contributed by atoms with van der Waals surface area (Å²) in [6, 6.07) is 11.9. The maximum Gasteiger partial charge on any atom is 0.144 e. The van der Waals surface area contributed by atoms with Gasteiger partial charge in [-0.2, -0.15) is 0 Å². The number of nitrogens with zero attached hydrogens (tertiary/aromatic N) is 2. The fourth-order valence-corrected chi connectivity index (χ4v) is 2.10. The van der Waals surface area contributed by atoms with E-state index in [2.05, 4.69) is 22.4 Å². The van der Waals surface area contributed by atoms with Crippen LogP contribution in [0.2, 0.25) is 5.02 Å². The number of fused-ring (bicyclic) bond motifs is 1. The van der Waals surface area contributed by atoms with E-state index in [9.17, 15) is 0 Å². The van der Waals surface area contributed by atoms with E-state index in [0.717, 1.165) is 21.9 Å². The third kappa shape index (κ3) is 1.71. The number of hydrogen-bond acceptors (Lipinski definition) is 1. The largest absolute Gasteiger partial charge is 0.300 e. The van der Waals surface area contributed by atoms with Gasteiger partial charge in [0.15, 0.2) is 0 Å². The van der Waals surface area contributed by atoms with Gasteiger partial charge in [-0.1, -0.05) is 17.7 Å². The molecule has 0 bridgehead atoms. The summed E-state index contributed by atoms with van der Waals surface area (Å²) in [7, 11) is 0. The Balaban J connectivity index is 2.24. The number of pyridine rings is 1. The molecule has 3 aromatic rings. The molecule has 0 spiro atoms. The highest BCUT2D eigenvalue weighted by molar-refractivity contribution is 6.30. The molecule has 0 unspecified atom stereocenters. The molecule has 2 aromatic heterocycles. The second kappa shape index (κ2) is 3.90. The maximum absolute atomic E-state index is 5.89. The van der Waals surface area contributed by atoms with Gasteiger partial charge in [-0.05, 0) is 42.8 Å². The normalized spacial score (nSPS) is 10.9. The first-order valence-electron chi connectivity index (χ1n) is 5.44. The van der Waals surface area contributed by atoms with E-state index in [1.165, 1.54) is 5.56 Å². The van der Waals surface area contributed by atoms with Crippen molar-refractivity contribution in [2.24, 2.45) is 0 Å². The van der Waals surface area contributed by atoms with E-state index in [0.29, 0.717) is 0 Å². The summed E-state index contributed by atoms with van der Waals surface area (Å²) in [5.41, 5.74) is 3.43. The zero-order valence-electron chi connectivity index (χ0n) is 9.39. The highest BCUT2D eigenvalue weighted by atomic mass is 35.5. The lowest BCUT2D eigenvalue weighted by Gasteiger charge is -2.02. The van der Waals surface area contributed by atoms with Crippen LogP contribution in [-0.4, -0.2) is 9.38 Å². The SMILES string of the molecule is Cc1cccn2c(-c3ccc(Cl)cc3)ncc12. The van der Waals surface area contributed by atoms with Crippen molar-refractivity contribution in [2.75, 3.05) is 0 Å². The van der Waals surface area contributed by atoms with Crippen LogP contribution in [0.5, 0.6) is 0 Å². The molecule has 0 aliphatic carbocycles. The minimum absolute atomic E-state index is 0.741. The van der Waals surface area contributed by atoms with Crippen LogP contribution >= 0.6 is 11.6 Å². The van der Waals surface area contributed by atoms with E-state index in [4.69, 9.17) is 11.6 Å². The van der Waals surface area contributed by atoms with E-state index < -0.39 is 0 Å². The highest BCUT2D eigenvalue weighted by Gasteiger charge is 2.06. The summed E-state index contributed by atoms with van der Waals surface area (Å²) in [6.45, 7) is 2.09. The average Bonchev–Trinajstić information content (AvgIpc) is 2.75. The predicted molar refractivity (Wildman–Crippen MR) is 70.4 cm³/mol. The van der Waals surface area contributed by atoms with Crippen molar-refractivity contribution in [3.05, 3.63) is 59.4 Å². The monoisotopic (exact) mass is 242 g/mol. The summed E-state index contributed by atoms with van der Waals surface area (Å²) in [4.78, 5) is 4.48. The standard InChI is InChI=1S/C14H11ClN2/c1-10-3-2-8-17-13(10)9-16-14(17)11-4-6-12(15)7-5-11/h2-9H,1H3. The van der Waals surface area contributed by atoms with Gasteiger partial charge in [0, 0.05) is 16.8 Å². The van der Waals surface area contributed by atoms with Crippen LogP contribution in [0, 0.1) is 6.92 Å². The molecule has 0 aliphatic heterocycles. The molecule has 1 aromatic carbocycles. The summed E-state index contributed by atoms with van der Waals surface area (Å²) < 4.78 is 2.10. The Hall–Kier alpha value is -1.80. The molecular weight excluding hydrogens is 232 g/mol. The van der Waals surface area contributed by atoms with Gasteiger partial charge >= 0.3 is 0 Å². The lowest BCUT2D eigenvalue weighted by atomic mass is 10.2. The van der Waals surface area contributed by atoms with Crippen molar-refractivity contribution in [3.63, 3.8) is 0 Å². The molecule has 0 saturated carbocycles. The van der Waals surface area contributed by atoms with Gasteiger partial charge in [0.25, 0.3) is 0 Å². The molecule has 84 valence electrons. The molecule has 0 atom stereocenters. The van der Waals surface area contributed by atoms with Crippen LogP contribution < -0.4 is 0 Å². The number of aromatic nitrogens is 2.